The van der Waals surface area contributed by atoms with Gasteiger partial charge in [-0.05, 0) is 33.6 Å². The minimum atomic E-state index is -0.484. The molecule has 0 aliphatic heterocycles. The largest absolute Gasteiger partial charge is 0.444 e. The monoisotopic (exact) mass is 333 g/mol. The molecule has 0 aromatic carbocycles. The van der Waals surface area contributed by atoms with Gasteiger partial charge in [0.2, 0.25) is 11.8 Å². The Morgan fingerprint density at radius 3 is 2.67 bits per heavy atom. The summed E-state index contributed by atoms with van der Waals surface area (Å²) >= 11 is 0. The van der Waals surface area contributed by atoms with E-state index in [-0.39, 0.29) is 18.3 Å². The van der Waals surface area contributed by atoms with Crippen molar-refractivity contribution in [3.05, 3.63) is 16.9 Å². The number of nitrogens with zero attached hydrogens (tertiary/aromatic N) is 2. The summed E-state index contributed by atoms with van der Waals surface area (Å²) in [5, 5.41) is 21.7. The van der Waals surface area contributed by atoms with Gasteiger partial charge < -0.3 is 9.52 Å². The molecule has 1 atom stereocenters. The van der Waals surface area contributed by atoms with Crippen molar-refractivity contribution < 1.29 is 14.3 Å². The minimum absolute atomic E-state index is 0.194. The van der Waals surface area contributed by atoms with Crippen LogP contribution in [0.25, 0.3) is 0 Å². The lowest BCUT2D eigenvalue weighted by Gasteiger charge is -2.34. The summed E-state index contributed by atoms with van der Waals surface area (Å²) in [5.41, 5.74) is 1.13. The lowest BCUT2D eigenvalue weighted by Crippen LogP contribution is -2.45. The van der Waals surface area contributed by atoms with E-state index in [1.165, 1.54) is 6.42 Å². The van der Waals surface area contributed by atoms with Crippen molar-refractivity contribution >= 4 is 11.8 Å². The van der Waals surface area contributed by atoms with E-state index >= 15 is 0 Å². The summed E-state index contributed by atoms with van der Waals surface area (Å²) < 4.78 is 5.49. The zero-order chi connectivity index (χ0) is 17.7. The van der Waals surface area contributed by atoms with Crippen molar-refractivity contribution in [1.82, 2.24) is 4.90 Å². The third kappa shape index (κ3) is 4.59. The molecule has 132 valence electrons. The molecule has 0 saturated heterocycles. The molecule has 1 aromatic heterocycles. The van der Waals surface area contributed by atoms with E-state index < -0.39 is 6.10 Å². The predicted molar refractivity (Wildman–Crippen MR) is 91.7 cm³/mol. The van der Waals surface area contributed by atoms with Crippen LogP contribution in [-0.2, 0) is 4.79 Å². The zero-order valence-corrected chi connectivity index (χ0v) is 14.8. The topological polar surface area (TPSA) is 89.5 Å². The van der Waals surface area contributed by atoms with Crippen LogP contribution in [-0.4, -0.2) is 41.1 Å². The summed E-state index contributed by atoms with van der Waals surface area (Å²) in [4.78, 5) is 14.5. The van der Waals surface area contributed by atoms with Gasteiger partial charge in [-0.2, -0.15) is 5.26 Å². The van der Waals surface area contributed by atoms with E-state index in [9.17, 15) is 15.2 Å². The number of aryl methyl sites for hydroxylation is 1. The Kier molecular flexibility index (Phi) is 6.41. The number of furan rings is 1. The number of nitrogens with one attached hydrogen (secondary N) is 1. The first kappa shape index (κ1) is 18.5. The highest BCUT2D eigenvalue weighted by Gasteiger charge is 2.25. The molecule has 2 rings (SSSR count). The van der Waals surface area contributed by atoms with Gasteiger partial charge >= 0.3 is 0 Å². The van der Waals surface area contributed by atoms with Gasteiger partial charge in [0.05, 0.1) is 12.6 Å². The standard InChI is InChI=1S/C18H27N3O3/c1-12(22)10-21(15-7-5-4-6-8-15)11-17(23)20-18-16(9-19)13(2)14(3)24-18/h12,15,22H,4-8,10-11H2,1-3H3,(H,20,23). The third-order valence-electron chi connectivity index (χ3n) is 4.69. The number of aliphatic hydroxyl groups is 1. The van der Waals surface area contributed by atoms with Crippen molar-refractivity contribution in [2.24, 2.45) is 0 Å². The molecule has 0 radical (unpaired) electrons. The van der Waals surface area contributed by atoms with E-state index in [2.05, 4.69) is 11.4 Å². The summed E-state index contributed by atoms with van der Waals surface area (Å²) in [6, 6.07) is 2.41. The number of carbonyl (C=O) groups is 1. The number of nitriles is 1. The molecule has 24 heavy (non-hydrogen) atoms. The molecule has 1 heterocycles. The van der Waals surface area contributed by atoms with Crippen LogP contribution in [0.5, 0.6) is 0 Å². The molecular weight excluding hydrogens is 306 g/mol. The van der Waals surface area contributed by atoms with Crippen LogP contribution in [0.1, 0.15) is 55.9 Å². The van der Waals surface area contributed by atoms with Gasteiger partial charge in [0.1, 0.15) is 17.4 Å². The zero-order valence-electron chi connectivity index (χ0n) is 14.8. The molecule has 1 saturated carbocycles. The lowest BCUT2D eigenvalue weighted by atomic mass is 9.94. The summed E-state index contributed by atoms with van der Waals surface area (Å²) in [7, 11) is 0. The SMILES string of the molecule is Cc1oc(NC(=O)CN(CC(C)O)C2CCCCC2)c(C#N)c1C. The molecular formula is C18H27N3O3. The second kappa shape index (κ2) is 8.32. The Morgan fingerprint density at radius 1 is 1.42 bits per heavy atom. The van der Waals surface area contributed by atoms with E-state index in [4.69, 9.17) is 4.42 Å². The van der Waals surface area contributed by atoms with Gasteiger partial charge in [-0.25, -0.2) is 0 Å². The van der Waals surface area contributed by atoms with Gasteiger partial charge in [0.15, 0.2) is 0 Å². The summed E-state index contributed by atoms with van der Waals surface area (Å²) in [5.74, 6) is 0.639. The number of anilines is 1. The average molecular weight is 333 g/mol. The fraction of sp³-hybridized carbons (Fsp3) is 0.667. The number of hydrogen-bond acceptors (Lipinski definition) is 5. The van der Waals surface area contributed by atoms with Crippen LogP contribution in [0.4, 0.5) is 5.88 Å². The quantitative estimate of drug-likeness (QED) is 0.835. The van der Waals surface area contributed by atoms with Gasteiger partial charge in [-0.3, -0.25) is 15.0 Å². The van der Waals surface area contributed by atoms with Gasteiger partial charge in [0, 0.05) is 18.2 Å². The minimum Gasteiger partial charge on any atom is -0.444 e. The molecule has 1 fully saturated rings. The molecule has 1 aromatic rings. The normalized spacial score (nSPS) is 16.8. The third-order valence-corrected chi connectivity index (χ3v) is 4.69. The maximum Gasteiger partial charge on any atom is 0.240 e. The molecule has 0 spiro atoms. The fourth-order valence-corrected chi connectivity index (χ4v) is 3.33. The number of aliphatic hydroxyl groups excluding tert-OH is 1. The highest BCUT2D eigenvalue weighted by molar-refractivity contribution is 5.92. The van der Waals surface area contributed by atoms with E-state index in [1.54, 1.807) is 20.8 Å². The van der Waals surface area contributed by atoms with Crippen LogP contribution in [0, 0.1) is 25.2 Å². The molecule has 1 aliphatic carbocycles. The second-order valence-corrected chi connectivity index (χ2v) is 6.72. The van der Waals surface area contributed by atoms with Crippen molar-refractivity contribution in [3.63, 3.8) is 0 Å². The fourth-order valence-electron chi connectivity index (χ4n) is 3.33. The van der Waals surface area contributed by atoms with Gasteiger partial charge in [-0.15, -0.1) is 0 Å². The van der Waals surface area contributed by atoms with Gasteiger partial charge in [-0.1, -0.05) is 19.3 Å². The van der Waals surface area contributed by atoms with Crippen molar-refractivity contribution in [2.75, 3.05) is 18.4 Å². The Balaban J connectivity index is 2.04. The molecule has 6 heteroatoms. The van der Waals surface area contributed by atoms with Crippen molar-refractivity contribution in [2.45, 2.75) is 65.0 Å². The molecule has 6 nitrogen and oxygen atoms in total. The predicted octanol–water partition coefficient (Wildman–Crippen LogP) is 2.72. The number of carbonyl (C=O) groups excluding carboxylic acids is 1. The highest BCUT2D eigenvalue weighted by atomic mass is 16.4. The van der Waals surface area contributed by atoms with Crippen LogP contribution in [0.2, 0.25) is 0 Å². The van der Waals surface area contributed by atoms with Crippen LogP contribution >= 0.6 is 0 Å². The molecule has 0 bridgehead atoms. The Bertz CT molecular complexity index is 610. The smallest absolute Gasteiger partial charge is 0.240 e. The highest BCUT2D eigenvalue weighted by Crippen LogP contribution is 2.26. The first-order chi connectivity index (χ1) is 11.4. The summed E-state index contributed by atoms with van der Waals surface area (Å²) in [6.45, 7) is 5.97. The molecule has 1 amide bonds. The van der Waals surface area contributed by atoms with E-state index in [0.717, 1.165) is 31.2 Å². The molecule has 1 aliphatic rings. The molecule has 2 N–H and O–H groups in total. The first-order valence-electron chi connectivity index (χ1n) is 8.64. The van der Waals surface area contributed by atoms with Gasteiger partial charge in [0.25, 0.3) is 0 Å². The van der Waals surface area contributed by atoms with E-state index in [1.807, 2.05) is 4.90 Å². The number of hydrogen-bond donors (Lipinski definition) is 2. The van der Waals surface area contributed by atoms with E-state index in [0.29, 0.717) is 23.9 Å². The maximum atomic E-state index is 12.4. The lowest BCUT2D eigenvalue weighted by molar-refractivity contribution is -0.118. The first-order valence-corrected chi connectivity index (χ1v) is 8.64. The Morgan fingerprint density at radius 2 is 2.08 bits per heavy atom. The number of rotatable bonds is 6. The molecule has 1 unspecified atom stereocenters. The second-order valence-electron chi connectivity index (χ2n) is 6.72. The van der Waals surface area contributed by atoms with Crippen LogP contribution < -0.4 is 5.32 Å². The van der Waals surface area contributed by atoms with Crippen LogP contribution in [0.15, 0.2) is 4.42 Å². The maximum absolute atomic E-state index is 12.4. The Hall–Kier alpha value is -1.84. The average Bonchev–Trinajstić information content (AvgIpc) is 2.80. The number of amides is 1. The Labute approximate surface area is 143 Å². The van der Waals surface area contributed by atoms with Crippen molar-refractivity contribution in [1.29, 1.82) is 5.26 Å². The van der Waals surface area contributed by atoms with Crippen LogP contribution in [0.3, 0.4) is 0 Å². The van der Waals surface area contributed by atoms with Crippen molar-refractivity contribution in [3.8, 4) is 6.07 Å². The summed E-state index contributed by atoms with van der Waals surface area (Å²) in [6.07, 6.45) is 5.20.